The van der Waals surface area contributed by atoms with Crippen LogP contribution in [0, 0.1) is 5.92 Å². The molecule has 2 aromatic rings. The van der Waals surface area contributed by atoms with E-state index < -0.39 is 17.8 Å². The summed E-state index contributed by atoms with van der Waals surface area (Å²) < 4.78 is 13.3. The zero-order valence-corrected chi connectivity index (χ0v) is 16.5. The van der Waals surface area contributed by atoms with Gasteiger partial charge in [-0.2, -0.15) is 5.10 Å². The van der Waals surface area contributed by atoms with E-state index in [4.69, 9.17) is 15.2 Å². The second kappa shape index (κ2) is 8.08. The number of aliphatic imine (C=N–C) groups is 1. The topological polar surface area (TPSA) is 124 Å². The van der Waals surface area contributed by atoms with Crippen molar-refractivity contribution >= 4 is 23.5 Å². The van der Waals surface area contributed by atoms with E-state index in [2.05, 4.69) is 15.1 Å². The van der Waals surface area contributed by atoms with Crippen LogP contribution in [0.25, 0.3) is 5.52 Å². The summed E-state index contributed by atoms with van der Waals surface area (Å²) in [7, 11) is 1.62. The van der Waals surface area contributed by atoms with Gasteiger partial charge in [0.25, 0.3) is 0 Å². The van der Waals surface area contributed by atoms with Gasteiger partial charge in [0.05, 0.1) is 17.9 Å². The van der Waals surface area contributed by atoms with Crippen LogP contribution in [0.3, 0.4) is 0 Å². The lowest BCUT2D eigenvalue weighted by atomic mass is 9.94. The number of aromatic nitrogens is 3. The first-order chi connectivity index (χ1) is 14.0. The zero-order valence-electron chi connectivity index (χ0n) is 16.5. The first kappa shape index (κ1) is 19.8. The average molecular weight is 401 g/mol. The molecule has 4 rings (SSSR count). The van der Waals surface area contributed by atoms with Crippen molar-refractivity contribution in [2.24, 2.45) is 10.9 Å². The number of nitrogen functional groups attached to an aromatic ring is 1. The van der Waals surface area contributed by atoms with Gasteiger partial charge in [0.2, 0.25) is 0 Å². The molecule has 3 heterocycles. The van der Waals surface area contributed by atoms with Gasteiger partial charge in [0.1, 0.15) is 18.5 Å². The molecule has 2 aliphatic rings. The molecule has 2 fully saturated rings. The summed E-state index contributed by atoms with van der Waals surface area (Å²) in [5, 5.41) is 15.1. The van der Waals surface area contributed by atoms with E-state index in [0.29, 0.717) is 35.8 Å². The van der Waals surface area contributed by atoms with E-state index >= 15 is 0 Å². The monoisotopic (exact) mass is 401 g/mol. The molecule has 0 aromatic carbocycles. The maximum absolute atomic E-state index is 12.2. The number of fused-ring (bicyclic) bond motifs is 1. The Kier molecular flexibility index (Phi) is 5.51. The minimum absolute atomic E-state index is 0.0996. The number of nitrogens with zero attached hydrogens (tertiary/aromatic N) is 4. The molecule has 3 N–H and O–H groups in total. The van der Waals surface area contributed by atoms with Crippen LogP contribution in [-0.2, 0) is 19.9 Å². The first-order valence-electron chi connectivity index (χ1n) is 10.1. The molecule has 1 aliphatic heterocycles. The second-order valence-electron chi connectivity index (χ2n) is 7.87. The predicted molar refractivity (Wildman–Crippen MR) is 107 cm³/mol. The van der Waals surface area contributed by atoms with Crippen molar-refractivity contribution in [1.82, 2.24) is 14.6 Å². The Bertz CT molecular complexity index is 907. The highest BCUT2D eigenvalue weighted by molar-refractivity contribution is 5.75. The molecule has 29 heavy (non-hydrogen) atoms. The summed E-state index contributed by atoms with van der Waals surface area (Å²) >= 11 is 0. The van der Waals surface area contributed by atoms with Gasteiger partial charge in [0.15, 0.2) is 11.4 Å². The van der Waals surface area contributed by atoms with E-state index in [9.17, 15) is 9.90 Å². The van der Waals surface area contributed by atoms with Crippen molar-refractivity contribution < 1.29 is 19.4 Å². The van der Waals surface area contributed by atoms with Crippen LogP contribution in [0.15, 0.2) is 23.5 Å². The molecule has 3 atom stereocenters. The molecular weight excluding hydrogens is 374 g/mol. The van der Waals surface area contributed by atoms with E-state index in [1.165, 1.54) is 19.2 Å². The Morgan fingerprint density at radius 1 is 1.48 bits per heavy atom. The number of aliphatic hydroxyl groups excluding tert-OH is 1. The fourth-order valence-electron chi connectivity index (χ4n) is 4.48. The molecule has 0 spiro atoms. The largest absolute Gasteiger partial charge is 0.463 e. The summed E-state index contributed by atoms with van der Waals surface area (Å²) in [5.74, 6) is 0.561. The molecule has 1 saturated carbocycles. The maximum Gasteiger partial charge on any atom is 0.306 e. The van der Waals surface area contributed by atoms with Crippen molar-refractivity contribution in [2.45, 2.75) is 56.3 Å². The number of ether oxygens (including phenoxy) is 2. The first-order valence-corrected chi connectivity index (χ1v) is 10.1. The minimum Gasteiger partial charge on any atom is -0.463 e. The quantitative estimate of drug-likeness (QED) is 0.555. The molecule has 1 saturated heterocycles. The highest BCUT2D eigenvalue weighted by Crippen LogP contribution is 2.39. The number of hydrogen-bond donors (Lipinski definition) is 2. The summed E-state index contributed by atoms with van der Waals surface area (Å²) in [6, 6.07) is 3.57. The SMILES string of the molecule is CN=C[C@@]1(c2ccc3c(N)ncnn23)O[C@H](COC(=O)CC2CCCC2)C[C@H]1O. The molecule has 9 nitrogen and oxygen atoms in total. The lowest BCUT2D eigenvalue weighted by Gasteiger charge is -2.28. The predicted octanol–water partition coefficient (Wildman–Crippen LogP) is 1.48. The Morgan fingerprint density at radius 3 is 3.03 bits per heavy atom. The third-order valence-electron chi connectivity index (χ3n) is 5.91. The number of hydrogen-bond acceptors (Lipinski definition) is 8. The summed E-state index contributed by atoms with van der Waals surface area (Å²) in [6.07, 6.45) is 6.94. The number of rotatable bonds is 6. The molecule has 0 unspecified atom stereocenters. The molecule has 0 amide bonds. The normalized spacial score (nSPS) is 27.9. The summed E-state index contributed by atoms with van der Waals surface area (Å²) in [5.41, 5.74) is 5.94. The molecule has 0 bridgehead atoms. The number of aliphatic hydroxyl groups is 1. The van der Waals surface area contributed by atoms with Gasteiger partial charge in [-0.05, 0) is 30.9 Å². The van der Waals surface area contributed by atoms with Crippen LogP contribution >= 0.6 is 0 Å². The standard InChI is InChI=1S/C20H27N5O4/c1-22-11-20(16-7-6-15-19(21)23-12-24-25(15)16)17(26)9-14(29-20)10-28-18(27)8-13-4-2-3-5-13/h6-7,11-14,17,26H,2-5,8-10H2,1H3,(H2,21,23,24)/t14-,17+,20-/m0/s1. The minimum atomic E-state index is -1.20. The van der Waals surface area contributed by atoms with E-state index in [1.54, 1.807) is 29.9 Å². The zero-order chi connectivity index (χ0) is 20.4. The fourth-order valence-corrected chi connectivity index (χ4v) is 4.48. The molecule has 9 heteroatoms. The lowest BCUT2D eigenvalue weighted by Crippen LogP contribution is -2.40. The fraction of sp³-hybridized carbons (Fsp3) is 0.600. The highest BCUT2D eigenvalue weighted by atomic mass is 16.6. The van der Waals surface area contributed by atoms with Crippen LogP contribution in [-0.4, -0.2) is 57.8 Å². The molecular formula is C20H27N5O4. The van der Waals surface area contributed by atoms with Crippen LogP contribution in [0.4, 0.5) is 5.82 Å². The van der Waals surface area contributed by atoms with Gasteiger partial charge in [-0.15, -0.1) is 0 Å². The Morgan fingerprint density at radius 2 is 2.28 bits per heavy atom. The molecule has 1 aliphatic carbocycles. The highest BCUT2D eigenvalue weighted by Gasteiger charge is 2.50. The van der Waals surface area contributed by atoms with E-state index in [0.717, 1.165) is 12.8 Å². The second-order valence-corrected chi connectivity index (χ2v) is 7.87. The van der Waals surface area contributed by atoms with Crippen LogP contribution in [0.1, 0.15) is 44.2 Å². The number of esters is 1. The van der Waals surface area contributed by atoms with Gasteiger partial charge < -0.3 is 20.3 Å². The summed E-state index contributed by atoms with van der Waals surface area (Å²) in [4.78, 5) is 20.3. The number of carbonyl (C=O) groups excluding carboxylic acids is 1. The summed E-state index contributed by atoms with van der Waals surface area (Å²) in [6.45, 7) is 0.0996. The Hall–Kier alpha value is -2.52. The molecule has 0 radical (unpaired) electrons. The average Bonchev–Trinajstić information content (AvgIpc) is 3.41. The lowest BCUT2D eigenvalue weighted by molar-refractivity contribution is -0.149. The number of anilines is 1. The molecule has 156 valence electrons. The Labute approximate surface area is 168 Å². The van der Waals surface area contributed by atoms with Gasteiger partial charge in [-0.3, -0.25) is 9.79 Å². The third kappa shape index (κ3) is 3.72. The Balaban J connectivity index is 1.50. The van der Waals surface area contributed by atoms with Crippen LogP contribution in [0.2, 0.25) is 0 Å². The van der Waals surface area contributed by atoms with Gasteiger partial charge in [0, 0.05) is 26.1 Å². The smallest absolute Gasteiger partial charge is 0.306 e. The van der Waals surface area contributed by atoms with E-state index in [-0.39, 0.29) is 12.6 Å². The number of nitrogens with two attached hydrogens (primary N) is 1. The van der Waals surface area contributed by atoms with E-state index in [1.807, 2.05) is 0 Å². The maximum atomic E-state index is 12.2. The van der Waals surface area contributed by atoms with Gasteiger partial charge in [-0.1, -0.05) is 12.8 Å². The number of carbonyl (C=O) groups is 1. The van der Waals surface area contributed by atoms with Crippen molar-refractivity contribution in [3.05, 3.63) is 24.2 Å². The van der Waals surface area contributed by atoms with Crippen molar-refractivity contribution in [2.75, 3.05) is 19.4 Å². The van der Waals surface area contributed by atoms with Crippen LogP contribution < -0.4 is 5.73 Å². The van der Waals surface area contributed by atoms with Gasteiger partial charge >= 0.3 is 5.97 Å². The third-order valence-corrected chi connectivity index (χ3v) is 5.91. The van der Waals surface area contributed by atoms with Gasteiger partial charge in [-0.25, -0.2) is 9.50 Å². The van der Waals surface area contributed by atoms with Crippen molar-refractivity contribution in [3.63, 3.8) is 0 Å². The van der Waals surface area contributed by atoms with Crippen molar-refractivity contribution in [3.8, 4) is 0 Å². The van der Waals surface area contributed by atoms with Crippen LogP contribution in [0.5, 0.6) is 0 Å². The molecule has 2 aromatic heterocycles. The van der Waals surface area contributed by atoms with Crippen molar-refractivity contribution in [1.29, 1.82) is 0 Å².